The Morgan fingerprint density at radius 3 is 2.80 bits per heavy atom. The van der Waals surface area contributed by atoms with E-state index >= 15 is 0 Å². The van der Waals surface area contributed by atoms with E-state index in [1.807, 2.05) is 11.4 Å². The molecule has 0 N–H and O–H groups in total. The topological polar surface area (TPSA) is 9.23 Å². The van der Waals surface area contributed by atoms with Gasteiger partial charge in [-0.2, -0.15) is 0 Å². The summed E-state index contributed by atoms with van der Waals surface area (Å²) in [5, 5.41) is 2.58. The van der Waals surface area contributed by atoms with Crippen molar-refractivity contribution in [2.75, 3.05) is 12.4 Å². The average Bonchev–Trinajstić information content (AvgIpc) is 3.01. The molecule has 0 aliphatic carbocycles. The minimum Gasteiger partial charge on any atom is -0.494 e. The Labute approximate surface area is 124 Å². The lowest BCUT2D eigenvalue weighted by Crippen LogP contribution is -1.98. The Balaban J connectivity index is 1.86. The highest BCUT2D eigenvalue weighted by Crippen LogP contribution is 2.24. The average molecular weight is 285 g/mol. The van der Waals surface area contributed by atoms with Gasteiger partial charge in [0.05, 0.1) is 6.61 Å². The molecule has 0 atom stereocenters. The van der Waals surface area contributed by atoms with E-state index in [1.54, 1.807) is 4.86 Å². The third-order valence-electron chi connectivity index (χ3n) is 3.72. The van der Waals surface area contributed by atoms with Gasteiger partial charge in [0.1, 0.15) is 5.75 Å². The van der Waals surface area contributed by atoms with Crippen LogP contribution in [0.4, 0.5) is 0 Å². The van der Waals surface area contributed by atoms with E-state index < -0.39 is 0 Å². The van der Waals surface area contributed by atoms with Crippen LogP contribution in [-0.4, -0.2) is 17.2 Å². The van der Waals surface area contributed by atoms with Gasteiger partial charge in [-0.1, -0.05) is 25.5 Å². The highest BCUT2D eigenvalue weighted by Gasteiger charge is 2.20. The molecule has 1 aliphatic rings. The lowest BCUT2D eigenvalue weighted by Gasteiger charge is -2.07. The number of ether oxygens (including phenoxy) is 1. The van der Waals surface area contributed by atoms with Crippen LogP contribution >= 0.6 is 0 Å². The predicted octanol–water partition coefficient (Wildman–Crippen LogP) is 4.42. The van der Waals surface area contributed by atoms with Gasteiger partial charge in [-0.15, -0.1) is 0 Å². The third-order valence-corrected chi connectivity index (χ3v) is 5.01. The van der Waals surface area contributed by atoms with Crippen molar-refractivity contribution in [3.05, 3.63) is 42.0 Å². The molecule has 2 aromatic rings. The first-order valence-corrected chi connectivity index (χ1v) is 8.51. The zero-order valence-electron chi connectivity index (χ0n) is 12.0. The van der Waals surface area contributed by atoms with Crippen LogP contribution in [0.2, 0.25) is 0 Å². The second kappa shape index (κ2) is 6.36. The molecule has 0 amide bonds. The SMILES string of the molecule is CCCCOc1ccc2ccc(C3=[S+]CCC3)cc2c1. The molecule has 0 radical (unpaired) electrons. The molecule has 1 aliphatic heterocycles. The Kier molecular flexibility index (Phi) is 4.31. The van der Waals surface area contributed by atoms with Crippen LogP contribution in [0.5, 0.6) is 5.75 Å². The highest BCUT2D eigenvalue weighted by molar-refractivity contribution is 7.79. The number of unbranched alkanes of at least 4 members (excludes halogenated alkanes) is 1. The standard InChI is InChI=1S/C18H21OS/c1-2-3-10-19-17-9-8-14-6-7-15(12-16(14)13-17)18-5-4-11-20-18/h6-9,12-13H,2-5,10-11H2,1H3/q+1. The molecular weight excluding hydrogens is 264 g/mol. The molecule has 0 unspecified atom stereocenters. The van der Waals surface area contributed by atoms with Crippen molar-refractivity contribution in [1.82, 2.24) is 0 Å². The number of hydrogen-bond acceptors (Lipinski definition) is 1. The normalized spacial score (nSPS) is 14.6. The summed E-state index contributed by atoms with van der Waals surface area (Å²) in [6.45, 7) is 3.00. The minimum absolute atomic E-state index is 0.814. The fourth-order valence-corrected chi connectivity index (χ4v) is 3.67. The molecule has 3 rings (SSSR count). The van der Waals surface area contributed by atoms with E-state index in [0.29, 0.717) is 0 Å². The molecular formula is C18H21OS+. The minimum atomic E-state index is 0.814. The summed E-state index contributed by atoms with van der Waals surface area (Å²) in [5.41, 5.74) is 1.39. The van der Waals surface area contributed by atoms with E-state index in [-0.39, 0.29) is 0 Å². The molecule has 0 bridgehead atoms. The van der Waals surface area contributed by atoms with E-state index in [1.165, 1.54) is 41.4 Å². The first-order valence-electron chi connectivity index (χ1n) is 7.52. The number of rotatable bonds is 5. The fraction of sp³-hybridized carbons (Fsp3) is 0.389. The maximum absolute atomic E-state index is 5.81. The van der Waals surface area contributed by atoms with Crippen LogP contribution in [-0.2, 0) is 11.4 Å². The Hall–Kier alpha value is -1.41. The van der Waals surface area contributed by atoms with Crippen molar-refractivity contribution in [2.24, 2.45) is 0 Å². The highest BCUT2D eigenvalue weighted by atomic mass is 32.1. The van der Waals surface area contributed by atoms with Gasteiger partial charge in [-0.05, 0) is 41.5 Å². The van der Waals surface area contributed by atoms with Crippen LogP contribution in [0, 0.1) is 0 Å². The van der Waals surface area contributed by atoms with Crippen molar-refractivity contribution in [3.8, 4) is 5.75 Å². The van der Waals surface area contributed by atoms with Crippen molar-refractivity contribution < 1.29 is 4.74 Å². The molecule has 2 aromatic carbocycles. The molecule has 1 heterocycles. The van der Waals surface area contributed by atoms with E-state index in [2.05, 4.69) is 43.3 Å². The van der Waals surface area contributed by atoms with Gasteiger partial charge in [0.25, 0.3) is 0 Å². The molecule has 104 valence electrons. The van der Waals surface area contributed by atoms with Crippen LogP contribution < -0.4 is 4.74 Å². The summed E-state index contributed by atoms with van der Waals surface area (Å²) < 4.78 is 5.81. The zero-order valence-corrected chi connectivity index (χ0v) is 12.8. The van der Waals surface area contributed by atoms with Crippen molar-refractivity contribution in [3.63, 3.8) is 0 Å². The number of fused-ring (bicyclic) bond motifs is 1. The second-order valence-corrected chi connectivity index (χ2v) is 6.49. The molecule has 20 heavy (non-hydrogen) atoms. The summed E-state index contributed by atoms with van der Waals surface area (Å²) in [6, 6.07) is 13.2. The van der Waals surface area contributed by atoms with Crippen LogP contribution in [0.3, 0.4) is 0 Å². The largest absolute Gasteiger partial charge is 0.494 e. The maximum atomic E-state index is 5.81. The Morgan fingerprint density at radius 2 is 2.00 bits per heavy atom. The Bertz CT molecular complexity index is 630. The van der Waals surface area contributed by atoms with Gasteiger partial charge >= 0.3 is 0 Å². The summed E-state index contributed by atoms with van der Waals surface area (Å²) >= 11 is 2.01. The first-order chi connectivity index (χ1) is 9.86. The van der Waals surface area contributed by atoms with Crippen LogP contribution in [0.25, 0.3) is 10.8 Å². The van der Waals surface area contributed by atoms with Crippen molar-refractivity contribution in [2.45, 2.75) is 32.6 Å². The van der Waals surface area contributed by atoms with Gasteiger partial charge in [-0.25, -0.2) is 0 Å². The van der Waals surface area contributed by atoms with Gasteiger partial charge in [0, 0.05) is 18.4 Å². The zero-order chi connectivity index (χ0) is 13.8. The summed E-state index contributed by atoms with van der Waals surface area (Å²) in [7, 11) is 0. The van der Waals surface area contributed by atoms with Gasteiger partial charge in [0.15, 0.2) is 17.1 Å². The van der Waals surface area contributed by atoms with Gasteiger partial charge < -0.3 is 4.74 Å². The fourth-order valence-electron chi connectivity index (χ4n) is 2.55. The molecule has 0 aromatic heterocycles. The monoisotopic (exact) mass is 285 g/mol. The quantitative estimate of drug-likeness (QED) is 0.449. The Morgan fingerprint density at radius 1 is 1.10 bits per heavy atom. The van der Waals surface area contributed by atoms with Gasteiger partial charge in [-0.3, -0.25) is 0 Å². The molecule has 0 fully saturated rings. The lowest BCUT2D eigenvalue weighted by atomic mass is 10.0. The molecule has 0 saturated carbocycles. The van der Waals surface area contributed by atoms with E-state index in [9.17, 15) is 0 Å². The molecule has 2 heteroatoms. The maximum Gasteiger partial charge on any atom is 0.208 e. The molecule has 0 spiro atoms. The number of hydrogen-bond donors (Lipinski definition) is 0. The van der Waals surface area contributed by atoms with E-state index in [4.69, 9.17) is 4.74 Å². The summed E-state index contributed by atoms with van der Waals surface area (Å²) in [6.07, 6.45) is 4.85. The third kappa shape index (κ3) is 3.01. The van der Waals surface area contributed by atoms with Gasteiger partial charge in [0.2, 0.25) is 4.86 Å². The first kappa shape index (κ1) is 13.6. The van der Waals surface area contributed by atoms with Crippen LogP contribution in [0.1, 0.15) is 38.2 Å². The van der Waals surface area contributed by atoms with Crippen molar-refractivity contribution >= 4 is 27.0 Å². The van der Waals surface area contributed by atoms with Crippen molar-refractivity contribution in [1.29, 1.82) is 0 Å². The summed E-state index contributed by atoms with van der Waals surface area (Å²) in [5.74, 6) is 2.26. The summed E-state index contributed by atoms with van der Waals surface area (Å²) in [4.78, 5) is 1.55. The molecule has 0 saturated heterocycles. The molecule has 1 nitrogen and oxygen atoms in total. The van der Waals surface area contributed by atoms with E-state index in [0.717, 1.165) is 18.8 Å². The lowest BCUT2D eigenvalue weighted by molar-refractivity contribution is 0.310. The predicted molar refractivity (Wildman–Crippen MR) is 89.9 cm³/mol. The second-order valence-electron chi connectivity index (χ2n) is 5.30. The number of benzene rings is 2. The van der Waals surface area contributed by atoms with Crippen LogP contribution in [0.15, 0.2) is 36.4 Å². The smallest absolute Gasteiger partial charge is 0.208 e.